The minimum atomic E-state index is -1.15. The molecule has 6 nitrogen and oxygen atoms in total. The molecule has 0 bridgehead atoms. The maximum absolute atomic E-state index is 13.8. The van der Waals surface area contributed by atoms with E-state index in [1.54, 1.807) is 31.0 Å². The molecule has 1 aromatic carbocycles. The lowest BCUT2D eigenvalue weighted by Crippen LogP contribution is -2.42. The molecule has 184 valence electrons. The number of hydrogen-bond acceptors (Lipinski definition) is 5. The molecule has 0 radical (unpaired) electrons. The summed E-state index contributed by atoms with van der Waals surface area (Å²) >= 11 is 0. The lowest BCUT2D eigenvalue weighted by molar-refractivity contribution is 0.0469. The van der Waals surface area contributed by atoms with Crippen LogP contribution in [0.5, 0.6) is 5.75 Å². The van der Waals surface area contributed by atoms with Crippen LogP contribution >= 0.6 is 0 Å². The fraction of sp³-hybridized carbons (Fsp3) is 0.556. The van der Waals surface area contributed by atoms with Crippen LogP contribution in [0, 0.1) is 5.92 Å². The van der Waals surface area contributed by atoms with Crippen LogP contribution in [0.15, 0.2) is 42.6 Å². The van der Waals surface area contributed by atoms with Crippen LogP contribution in [0.25, 0.3) is 11.1 Å². The Bertz CT molecular complexity index is 935. The van der Waals surface area contributed by atoms with Crippen LogP contribution in [0.2, 0.25) is 0 Å². The van der Waals surface area contributed by atoms with Gasteiger partial charge in [-0.05, 0) is 82.3 Å². The van der Waals surface area contributed by atoms with Crippen molar-refractivity contribution in [3.05, 3.63) is 48.3 Å². The predicted molar refractivity (Wildman–Crippen MR) is 131 cm³/mol. The van der Waals surface area contributed by atoms with E-state index in [1.807, 2.05) is 30.3 Å². The Morgan fingerprint density at radius 2 is 1.79 bits per heavy atom. The third-order valence-electron chi connectivity index (χ3n) is 6.65. The van der Waals surface area contributed by atoms with Gasteiger partial charge in [-0.3, -0.25) is 9.78 Å². The van der Waals surface area contributed by atoms with E-state index in [-0.39, 0.29) is 5.91 Å². The summed E-state index contributed by atoms with van der Waals surface area (Å²) in [6.45, 7) is 7.32. The first-order chi connectivity index (χ1) is 16.3. The fourth-order valence-corrected chi connectivity index (χ4v) is 4.79. The topological polar surface area (TPSA) is 65.9 Å². The van der Waals surface area contributed by atoms with Crippen molar-refractivity contribution >= 4 is 5.91 Å². The normalized spacial score (nSPS) is 20.4. The van der Waals surface area contributed by atoms with Crippen LogP contribution in [0.1, 0.15) is 50.0 Å². The van der Waals surface area contributed by atoms with Gasteiger partial charge >= 0.3 is 0 Å². The first kappa shape index (κ1) is 24.6. The number of aliphatic hydroxyl groups is 1. The number of ether oxygens (including phenoxy) is 1. The molecular weight excluding hydrogens is 433 g/mol. The number of benzene rings is 1. The van der Waals surface area contributed by atoms with E-state index in [2.05, 4.69) is 9.88 Å². The van der Waals surface area contributed by atoms with Gasteiger partial charge in [-0.15, -0.1) is 0 Å². The number of nitrogens with zero attached hydrogens (tertiary/aromatic N) is 3. The molecule has 3 heterocycles. The summed E-state index contributed by atoms with van der Waals surface area (Å²) < 4.78 is 19.9. The second-order valence-corrected chi connectivity index (χ2v) is 10.3. The standard InChI is InChI=1S/C27H36FN3O3/c1-27(2,28)19-30-14-11-20(12-15-30)18-34-24-8-5-21(6-9-24)22-7-10-25(29-16-22)26(33)31-13-3-4-23(32)17-31/h5-10,16,20,23,32H,3-4,11-15,17-19H2,1-2H3/t23-/m1/s1. The van der Waals surface area contributed by atoms with Gasteiger partial charge in [-0.2, -0.15) is 0 Å². The molecule has 2 fully saturated rings. The van der Waals surface area contributed by atoms with E-state index in [0.717, 1.165) is 55.6 Å². The Kier molecular flexibility index (Phi) is 7.84. The molecule has 1 N–H and O–H groups in total. The summed E-state index contributed by atoms with van der Waals surface area (Å²) in [5.41, 5.74) is 1.20. The van der Waals surface area contributed by atoms with Crippen molar-refractivity contribution in [2.75, 3.05) is 39.3 Å². The number of likely N-dealkylation sites (tertiary alicyclic amines) is 2. The Hall–Kier alpha value is -2.51. The van der Waals surface area contributed by atoms with Gasteiger partial charge in [0.2, 0.25) is 0 Å². The van der Waals surface area contributed by atoms with Crippen molar-refractivity contribution in [1.29, 1.82) is 0 Å². The molecule has 0 saturated carbocycles. The summed E-state index contributed by atoms with van der Waals surface area (Å²) in [5, 5.41) is 9.81. The highest BCUT2D eigenvalue weighted by molar-refractivity contribution is 5.92. The summed E-state index contributed by atoms with van der Waals surface area (Å²) in [4.78, 5) is 20.9. The van der Waals surface area contributed by atoms with Gasteiger partial charge in [0.25, 0.3) is 5.91 Å². The van der Waals surface area contributed by atoms with Crippen molar-refractivity contribution in [3.63, 3.8) is 0 Å². The SMILES string of the molecule is CC(C)(F)CN1CCC(COc2ccc(-c3ccc(C(=O)N4CCC[C@@H](O)C4)nc3)cc2)CC1. The van der Waals surface area contributed by atoms with Gasteiger partial charge in [-0.25, -0.2) is 4.39 Å². The molecule has 0 unspecified atom stereocenters. The van der Waals surface area contributed by atoms with Crippen LogP contribution < -0.4 is 4.74 Å². The van der Waals surface area contributed by atoms with E-state index in [9.17, 15) is 14.3 Å². The van der Waals surface area contributed by atoms with Gasteiger partial charge < -0.3 is 19.6 Å². The van der Waals surface area contributed by atoms with Crippen molar-refractivity contribution in [1.82, 2.24) is 14.8 Å². The van der Waals surface area contributed by atoms with E-state index in [0.29, 0.717) is 37.9 Å². The quantitative estimate of drug-likeness (QED) is 0.659. The number of β-amino-alcohol motifs (C(OH)–C–C–N with tert-alkyl or cyclic N) is 1. The van der Waals surface area contributed by atoms with Crippen molar-refractivity contribution in [3.8, 4) is 16.9 Å². The molecule has 4 rings (SSSR count). The molecule has 1 aromatic heterocycles. The fourth-order valence-electron chi connectivity index (χ4n) is 4.79. The second kappa shape index (κ2) is 10.8. The van der Waals surface area contributed by atoms with Gasteiger partial charge in [0.1, 0.15) is 17.1 Å². The van der Waals surface area contributed by atoms with Crippen molar-refractivity contribution in [2.45, 2.75) is 51.3 Å². The third kappa shape index (κ3) is 6.76. The molecule has 0 aliphatic carbocycles. The summed E-state index contributed by atoms with van der Waals surface area (Å²) in [5.74, 6) is 1.20. The molecule has 0 spiro atoms. The summed E-state index contributed by atoms with van der Waals surface area (Å²) in [6, 6.07) is 11.6. The van der Waals surface area contributed by atoms with E-state index < -0.39 is 11.8 Å². The zero-order valence-electron chi connectivity index (χ0n) is 20.3. The average Bonchev–Trinajstić information content (AvgIpc) is 2.83. The lowest BCUT2D eigenvalue weighted by Gasteiger charge is -2.34. The number of alkyl halides is 1. The maximum atomic E-state index is 13.8. The first-order valence-corrected chi connectivity index (χ1v) is 12.3. The minimum Gasteiger partial charge on any atom is -0.493 e. The summed E-state index contributed by atoms with van der Waals surface area (Å²) in [7, 11) is 0. The summed E-state index contributed by atoms with van der Waals surface area (Å²) in [6.07, 6.45) is 4.89. The van der Waals surface area contributed by atoms with Crippen LogP contribution in [-0.4, -0.2) is 76.9 Å². The Morgan fingerprint density at radius 1 is 1.09 bits per heavy atom. The highest BCUT2D eigenvalue weighted by atomic mass is 19.1. The number of aliphatic hydroxyl groups excluding tert-OH is 1. The first-order valence-electron chi connectivity index (χ1n) is 12.3. The predicted octanol–water partition coefficient (Wildman–Crippen LogP) is 4.18. The minimum absolute atomic E-state index is 0.131. The molecule has 1 atom stereocenters. The van der Waals surface area contributed by atoms with Gasteiger partial charge in [0.05, 0.1) is 12.7 Å². The number of aromatic nitrogens is 1. The number of piperidine rings is 2. The second-order valence-electron chi connectivity index (χ2n) is 10.3. The van der Waals surface area contributed by atoms with E-state index in [4.69, 9.17) is 4.74 Å². The molecule has 2 aromatic rings. The number of halogens is 1. The maximum Gasteiger partial charge on any atom is 0.272 e. The zero-order chi connectivity index (χ0) is 24.1. The highest BCUT2D eigenvalue weighted by Crippen LogP contribution is 2.25. The number of pyridine rings is 1. The number of rotatable bonds is 7. The molecule has 2 saturated heterocycles. The van der Waals surface area contributed by atoms with E-state index >= 15 is 0 Å². The highest BCUT2D eigenvalue weighted by Gasteiger charge is 2.26. The molecule has 7 heteroatoms. The van der Waals surface area contributed by atoms with Crippen LogP contribution in [-0.2, 0) is 0 Å². The molecule has 2 aliphatic rings. The smallest absolute Gasteiger partial charge is 0.272 e. The van der Waals surface area contributed by atoms with Crippen molar-refractivity contribution in [2.24, 2.45) is 5.92 Å². The Labute approximate surface area is 201 Å². The monoisotopic (exact) mass is 469 g/mol. The van der Waals surface area contributed by atoms with E-state index in [1.165, 1.54) is 0 Å². The largest absolute Gasteiger partial charge is 0.493 e. The molecule has 1 amide bonds. The number of hydrogen-bond donors (Lipinski definition) is 1. The van der Waals surface area contributed by atoms with Crippen LogP contribution in [0.3, 0.4) is 0 Å². The number of carbonyl (C=O) groups excluding carboxylic acids is 1. The zero-order valence-corrected chi connectivity index (χ0v) is 20.3. The average molecular weight is 470 g/mol. The number of amides is 1. The van der Waals surface area contributed by atoms with Crippen molar-refractivity contribution < 1.29 is 19.0 Å². The van der Waals surface area contributed by atoms with Gasteiger partial charge in [0.15, 0.2) is 0 Å². The third-order valence-corrected chi connectivity index (χ3v) is 6.65. The van der Waals surface area contributed by atoms with Crippen LogP contribution in [0.4, 0.5) is 4.39 Å². The molecule has 2 aliphatic heterocycles. The molecule has 34 heavy (non-hydrogen) atoms. The number of carbonyl (C=O) groups is 1. The lowest BCUT2D eigenvalue weighted by atomic mass is 9.97. The van der Waals surface area contributed by atoms with Gasteiger partial charge in [0, 0.05) is 31.4 Å². The molecular formula is C27H36FN3O3. The van der Waals surface area contributed by atoms with Gasteiger partial charge in [-0.1, -0.05) is 18.2 Å². The Balaban J connectivity index is 1.26. The Morgan fingerprint density at radius 3 is 2.41 bits per heavy atom.